The highest BCUT2D eigenvalue weighted by Crippen LogP contribution is 2.18. The monoisotopic (exact) mass is 277 g/mol. The number of nitrogens with one attached hydrogen (secondary N) is 1. The fraction of sp³-hybridized carbons (Fsp3) is 0.500. The van der Waals surface area contributed by atoms with E-state index in [1.807, 2.05) is 0 Å². The van der Waals surface area contributed by atoms with Gasteiger partial charge in [0.05, 0.1) is 16.2 Å². The molecule has 0 spiro atoms. The van der Waals surface area contributed by atoms with Crippen molar-refractivity contribution in [2.75, 3.05) is 17.6 Å². The number of rotatable bonds is 4. The highest BCUT2D eigenvalue weighted by atomic mass is 32.2. The summed E-state index contributed by atoms with van der Waals surface area (Å²) >= 11 is 0. The van der Waals surface area contributed by atoms with Crippen LogP contribution >= 0.6 is 0 Å². The summed E-state index contributed by atoms with van der Waals surface area (Å²) in [7, 11) is -3.27. The van der Waals surface area contributed by atoms with Crippen molar-refractivity contribution in [1.29, 1.82) is 0 Å². The largest absolute Gasteiger partial charge is 0.382 e. The molecule has 0 radical (unpaired) electrons. The van der Waals surface area contributed by atoms with E-state index >= 15 is 0 Å². The molecule has 6 heteroatoms. The van der Waals surface area contributed by atoms with Gasteiger partial charge in [-0.1, -0.05) is 6.07 Å². The molecule has 0 aromatic heterocycles. The topological polar surface area (TPSA) is 46.2 Å². The van der Waals surface area contributed by atoms with Crippen LogP contribution in [-0.2, 0) is 9.84 Å². The van der Waals surface area contributed by atoms with Gasteiger partial charge in [-0.3, -0.25) is 0 Å². The Kier molecular flexibility index (Phi) is 4.32. The first-order valence-electron chi connectivity index (χ1n) is 5.55. The predicted octanol–water partition coefficient (Wildman–Crippen LogP) is 2.59. The summed E-state index contributed by atoms with van der Waals surface area (Å²) in [5.74, 6) is -2.09. The first-order valence-corrected chi connectivity index (χ1v) is 7.20. The van der Waals surface area contributed by atoms with Gasteiger partial charge >= 0.3 is 0 Å². The minimum atomic E-state index is -3.27. The van der Waals surface area contributed by atoms with Crippen LogP contribution in [0.25, 0.3) is 0 Å². The van der Waals surface area contributed by atoms with E-state index in [2.05, 4.69) is 5.32 Å². The van der Waals surface area contributed by atoms with Gasteiger partial charge in [0.2, 0.25) is 0 Å². The Bertz CT molecular complexity index is 521. The van der Waals surface area contributed by atoms with Gasteiger partial charge in [-0.05, 0) is 32.9 Å². The van der Waals surface area contributed by atoms with Crippen molar-refractivity contribution in [2.45, 2.75) is 25.5 Å². The average Bonchev–Trinajstić information content (AvgIpc) is 2.22. The van der Waals surface area contributed by atoms with Crippen LogP contribution in [0, 0.1) is 11.6 Å². The van der Waals surface area contributed by atoms with Crippen LogP contribution in [-0.4, -0.2) is 25.5 Å². The second-order valence-corrected chi connectivity index (χ2v) is 7.82. The smallest absolute Gasteiger partial charge is 0.181 e. The lowest BCUT2D eigenvalue weighted by Gasteiger charge is -2.19. The van der Waals surface area contributed by atoms with Gasteiger partial charge in [0.1, 0.15) is 0 Å². The minimum Gasteiger partial charge on any atom is -0.382 e. The van der Waals surface area contributed by atoms with Gasteiger partial charge in [-0.25, -0.2) is 17.2 Å². The molecular weight excluding hydrogens is 260 g/mol. The van der Waals surface area contributed by atoms with Gasteiger partial charge in [-0.15, -0.1) is 0 Å². The molecule has 3 nitrogen and oxygen atoms in total. The summed E-state index contributed by atoms with van der Waals surface area (Å²) < 4.78 is 48.9. The van der Waals surface area contributed by atoms with E-state index in [0.717, 1.165) is 6.07 Å². The van der Waals surface area contributed by atoms with E-state index in [-0.39, 0.29) is 18.0 Å². The van der Waals surface area contributed by atoms with E-state index in [4.69, 9.17) is 0 Å². The zero-order chi connectivity index (χ0) is 14.0. The number of hydrogen-bond donors (Lipinski definition) is 1. The van der Waals surface area contributed by atoms with Crippen molar-refractivity contribution in [3.05, 3.63) is 29.8 Å². The number of halogens is 2. The zero-order valence-electron chi connectivity index (χ0n) is 10.6. The van der Waals surface area contributed by atoms with Crippen LogP contribution in [0.2, 0.25) is 0 Å². The Morgan fingerprint density at radius 2 is 1.83 bits per heavy atom. The SMILES string of the molecule is CC(C)(C)S(=O)(=O)CCNc1cccc(F)c1F. The normalized spacial score (nSPS) is 12.5. The van der Waals surface area contributed by atoms with Crippen LogP contribution in [0.1, 0.15) is 20.8 Å². The molecule has 0 heterocycles. The van der Waals surface area contributed by atoms with E-state index in [1.165, 1.54) is 12.1 Å². The first-order chi connectivity index (χ1) is 8.15. The van der Waals surface area contributed by atoms with Crippen molar-refractivity contribution in [3.8, 4) is 0 Å². The van der Waals surface area contributed by atoms with Gasteiger partial charge in [0.15, 0.2) is 21.5 Å². The third-order valence-corrected chi connectivity index (χ3v) is 5.18. The Morgan fingerprint density at radius 1 is 1.22 bits per heavy atom. The Hall–Kier alpha value is -1.17. The molecule has 0 saturated heterocycles. The van der Waals surface area contributed by atoms with E-state index in [1.54, 1.807) is 20.8 Å². The molecule has 102 valence electrons. The molecule has 0 aliphatic heterocycles. The Labute approximate surface area is 106 Å². The molecule has 0 atom stereocenters. The highest BCUT2D eigenvalue weighted by Gasteiger charge is 2.28. The second-order valence-electron chi connectivity index (χ2n) is 4.96. The molecule has 1 rings (SSSR count). The number of anilines is 1. The fourth-order valence-electron chi connectivity index (χ4n) is 1.27. The molecular formula is C12H17F2NO2S. The molecule has 18 heavy (non-hydrogen) atoms. The molecule has 0 unspecified atom stereocenters. The summed E-state index contributed by atoms with van der Waals surface area (Å²) in [5.41, 5.74) is -0.0286. The van der Waals surface area contributed by atoms with Gasteiger partial charge < -0.3 is 5.32 Å². The van der Waals surface area contributed by atoms with Crippen molar-refractivity contribution < 1.29 is 17.2 Å². The fourth-order valence-corrected chi connectivity index (χ4v) is 2.25. The van der Waals surface area contributed by atoms with Gasteiger partial charge in [-0.2, -0.15) is 0 Å². The molecule has 0 fully saturated rings. The standard InChI is InChI=1S/C12H17F2NO2S/c1-12(2,3)18(16,17)8-7-15-10-6-4-5-9(13)11(10)14/h4-6,15H,7-8H2,1-3H3. The van der Waals surface area contributed by atoms with Crippen molar-refractivity contribution >= 4 is 15.5 Å². The van der Waals surface area contributed by atoms with E-state index in [9.17, 15) is 17.2 Å². The van der Waals surface area contributed by atoms with Crippen molar-refractivity contribution in [3.63, 3.8) is 0 Å². The molecule has 1 aromatic carbocycles. The Morgan fingerprint density at radius 3 is 2.39 bits per heavy atom. The van der Waals surface area contributed by atoms with Crippen molar-refractivity contribution in [2.24, 2.45) is 0 Å². The predicted molar refractivity (Wildman–Crippen MR) is 68.4 cm³/mol. The summed E-state index contributed by atoms with van der Waals surface area (Å²) in [5, 5.41) is 2.59. The van der Waals surface area contributed by atoms with E-state index in [0.29, 0.717) is 0 Å². The quantitative estimate of drug-likeness (QED) is 0.920. The summed E-state index contributed by atoms with van der Waals surface area (Å²) in [6.45, 7) is 4.85. The van der Waals surface area contributed by atoms with Crippen molar-refractivity contribution in [1.82, 2.24) is 0 Å². The van der Waals surface area contributed by atoms with Gasteiger partial charge in [0, 0.05) is 6.54 Å². The van der Waals surface area contributed by atoms with Crippen LogP contribution in [0.5, 0.6) is 0 Å². The molecule has 1 N–H and O–H groups in total. The maximum Gasteiger partial charge on any atom is 0.181 e. The lowest BCUT2D eigenvalue weighted by molar-refractivity contribution is 0.511. The van der Waals surface area contributed by atoms with Crippen LogP contribution in [0.3, 0.4) is 0 Å². The summed E-state index contributed by atoms with van der Waals surface area (Å²) in [4.78, 5) is 0. The molecule has 1 aromatic rings. The maximum atomic E-state index is 13.3. The third kappa shape index (κ3) is 3.41. The lowest BCUT2D eigenvalue weighted by Crippen LogP contribution is -2.33. The number of hydrogen-bond acceptors (Lipinski definition) is 3. The molecule has 0 bridgehead atoms. The van der Waals surface area contributed by atoms with Crippen LogP contribution in [0.4, 0.5) is 14.5 Å². The lowest BCUT2D eigenvalue weighted by atomic mass is 10.3. The molecule has 0 aliphatic carbocycles. The Balaban J connectivity index is 2.66. The van der Waals surface area contributed by atoms with Crippen LogP contribution in [0.15, 0.2) is 18.2 Å². The average molecular weight is 277 g/mol. The summed E-state index contributed by atoms with van der Waals surface area (Å²) in [6.07, 6.45) is 0. The number of benzene rings is 1. The second kappa shape index (κ2) is 5.22. The molecule has 0 aliphatic rings. The highest BCUT2D eigenvalue weighted by molar-refractivity contribution is 7.92. The van der Waals surface area contributed by atoms with E-state index < -0.39 is 26.2 Å². The van der Waals surface area contributed by atoms with Gasteiger partial charge in [0.25, 0.3) is 0 Å². The zero-order valence-corrected chi connectivity index (χ0v) is 11.4. The summed E-state index contributed by atoms with van der Waals surface area (Å²) in [6, 6.07) is 3.73. The third-order valence-electron chi connectivity index (χ3n) is 2.57. The minimum absolute atomic E-state index is 0.0286. The molecule has 0 amide bonds. The number of sulfone groups is 1. The van der Waals surface area contributed by atoms with Crippen LogP contribution < -0.4 is 5.32 Å². The molecule has 0 saturated carbocycles. The maximum absolute atomic E-state index is 13.3. The first kappa shape index (κ1) is 14.9.